The summed E-state index contributed by atoms with van der Waals surface area (Å²) in [7, 11) is 0. The Morgan fingerprint density at radius 1 is 1.08 bits per heavy atom. The van der Waals surface area contributed by atoms with Crippen LogP contribution in [0.15, 0.2) is 42.5 Å². The highest BCUT2D eigenvalue weighted by atomic mass is 35.5. The van der Waals surface area contributed by atoms with Crippen molar-refractivity contribution >= 4 is 23.4 Å². The molecule has 0 fully saturated rings. The van der Waals surface area contributed by atoms with Gasteiger partial charge in [0.25, 0.3) is 0 Å². The maximum Gasteiger partial charge on any atom is 0.412 e. The minimum absolute atomic E-state index is 0.122. The molecule has 0 unspecified atom stereocenters. The second-order valence-electron chi connectivity index (χ2n) is 6.68. The molecule has 0 saturated heterocycles. The van der Waals surface area contributed by atoms with E-state index < -0.39 is 17.5 Å². The van der Waals surface area contributed by atoms with Crippen LogP contribution in [0.1, 0.15) is 31.9 Å². The number of halogens is 2. The topological polar surface area (TPSA) is 50.4 Å². The number of amides is 1. The first-order chi connectivity index (χ1) is 11.7. The fourth-order valence-corrected chi connectivity index (χ4v) is 2.33. The number of benzene rings is 2. The predicted molar refractivity (Wildman–Crippen MR) is 98.3 cm³/mol. The molecule has 0 atom stereocenters. The number of hydrogen-bond acceptors (Lipinski definition) is 3. The van der Waals surface area contributed by atoms with Gasteiger partial charge in [0, 0.05) is 18.8 Å². The minimum atomic E-state index is -0.531. The van der Waals surface area contributed by atoms with Crippen LogP contribution in [0.3, 0.4) is 0 Å². The van der Waals surface area contributed by atoms with Gasteiger partial charge in [-0.2, -0.15) is 0 Å². The molecule has 0 aliphatic rings. The fraction of sp³-hybridized carbons (Fsp3) is 0.316. The average molecular weight is 365 g/mol. The Morgan fingerprint density at radius 2 is 1.68 bits per heavy atom. The highest BCUT2D eigenvalue weighted by molar-refractivity contribution is 6.30. The van der Waals surface area contributed by atoms with Crippen molar-refractivity contribution < 1.29 is 13.9 Å². The van der Waals surface area contributed by atoms with Crippen molar-refractivity contribution in [3.8, 4) is 0 Å². The maximum absolute atomic E-state index is 13.1. The van der Waals surface area contributed by atoms with Gasteiger partial charge in [-0.3, -0.25) is 5.32 Å². The van der Waals surface area contributed by atoms with E-state index in [1.54, 1.807) is 12.1 Å². The minimum Gasteiger partial charge on any atom is -0.444 e. The van der Waals surface area contributed by atoms with Crippen molar-refractivity contribution in [3.05, 3.63) is 64.4 Å². The average Bonchev–Trinajstić information content (AvgIpc) is 2.51. The third-order valence-corrected chi connectivity index (χ3v) is 3.53. The Balaban J connectivity index is 1.82. The number of hydrogen-bond donors (Lipinski definition) is 2. The molecule has 2 rings (SSSR count). The summed E-state index contributed by atoms with van der Waals surface area (Å²) < 4.78 is 18.3. The van der Waals surface area contributed by atoms with Gasteiger partial charge in [-0.05, 0) is 56.2 Å². The monoisotopic (exact) mass is 364 g/mol. The number of ether oxygens (including phenoxy) is 1. The summed E-state index contributed by atoms with van der Waals surface area (Å²) in [4.78, 5) is 11.7. The lowest BCUT2D eigenvalue weighted by molar-refractivity contribution is 0.0636. The van der Waals surface area contributed by atoms with Crippen molar-refractivity contribution in [3.63, 3.8) is 0 Å². The van der Waals surface area contributed by atoms with Crippen molar-refractivity contribution in [2.75, 3.05) is 5.32 Å². The molecule has 0 spiro atoms. The highest BCUT2D eigenvalue weighted by Gasteiger charge is 2.16. The molecular weight excluding hydrogens is 343 g/mol. The van der Waals surface area contributed by atoms with E-state index >= 15 is 0 Å². The second-order valence-corrected chi connectivity index (χ2v) is 7.08. The zero-order valence-electron chi connectivity index (χ0n) is 14.5. The van der Waals surface area contributed by atoms with E-state index in [-0.39, 0.29) is 5.02 Å². The third-order valence-electron chi connectivity index (χ3n) is 3.24. The number of carbonyl (C=O) groups excluding carboxylic acids is 1. The standard InChI is InChI=1S/C19H22ClFN2O2/c1-19(2,3)25-18(24)23-15-7-4-13(5-8-15)11-22-12-14-6-9-17(21)16(20)10-14/h4-10,22H,11-12H2,1-3H3,(H,23,24). The van der Waals surface area contributed by atoms with Crippen LogP contribution in [0.25, 0.3) is 0 Å². The predicted octanol–water partition coefficient (Wildman–Crippen LogP) is 5.12. The molecule has 2 N–H and O–H groups in total. The highest BCUT2D eigenvalue weighted by Crippen LogP contribution is 2.16. The van der Waals surface area contributed by atoms with E-state index in [0.717, 1.165) is 11.1 Å². The normalized spacial score (nSPS) is 11.2. The van der Waals surface area contributed by atoms with Gasteiger partial charge in [-0.1, -0.05) is 29.8 Å². The molecule has 1 amide bonds. The number of rotatable bonds is 5. The summed E-state index contributed by atoms with van der Waals surface area (Å²) in [5, 5.41) is 6.07. The maximum atomic E-state index is 13.1. The SMILES string of the molecule is CC(C)(C)OC(=O)Nc1ccc(CNCc2ccc(F)c(Cl)c2)cc1. The van der Waals surface area contributed by atoms with Gasteiger partial charge >= 0.3 is 6.09 Å². The smallest absolute Gasteiger partial charge is 0.412 e. The zero-order chi connectivity index (χ0) is 18.4. The van der Waals surface area contributed by atoms with E-state index in [2.05, 4.69) is 10.6 Å². The van der Waals surface area contributed by atoms with Gasteiger partial charge < -0.3 is 10.1 Å². The molecule has 4 nitrogen and oxygen atoms in total. The van der Waals surface area contributed by atoms with E-state index in [1.165, 1.54) is 6.07 Å². The summed E-state index contributed by atoms with van der Waals surface area (Å²) in [6, 6.07) is 12.1. The van der Waals surface area contributed by atoms with Crippen LogP contribution < -0.4 is 10.6 Å². The number of nitrogens with one attached hydrogen (secondary N) is 2. The molecule has 0 aliphatic carbocycles. The molecule has 25 heavy (non-hydrogen) atoms. The molecule has 2 aromatic carbocycles. The zero-order valence-corrected chi connectivity index (χ0v) is 15.3. The molecule has 0 saturated carbocycles. The lowest BCUT2D eigenvalue weighted by Gasteiger charge is -2.19. The van der Waals surface area contributed by atoms with Crippen LogP contribution in [-0.4, -0.2) is 11.7 Å². The summed E-state index contributed by atoms with van der Waals surface area (Å²) in [5.41, 5.74) is 2.11. The van der Waals surface area contributed by atoms with E-state index in [1.807, 2.05) is 45.0 Å². The molecule has 2 aromatic rings. The Kier molecular flexibility index (Phi) is 6.39. The fourth-order valence-electron chi connectivity index (χ4n) is 2.13. The second kappa shape index (κ2) is 8.32. The quantitative estimate of drug-likeness (QED) is 0.774. The number of anilines is 1. The number of carbonyl (C=O) groups is 1. The Morgan fingerprint density at radius 3 is 2.28 bits per heavy atom. The van der Waals surface area contributed by atoms with Crippen LogP contribution in [0, 0.1) is 5.82 Å². The molecule has 0 aliphatic heterocycles. The van der Waals surface area contributed by atoms with Crippen LogP contribution >= 0.6 is 11.6 Å². The lowest BCUT2D eigenvalue weighted by Crippen LogP contribution is -2.27. The van der Waals surface area contributed by atoms with Crippen LogP contribution in [0.5, 0.6) is 0 Å². The summed E-state index contributed by atoms with van der Waals surface area (Å²) in [6.07, 6.45) is -0.480. The van der Waals surface area contributed by atoms with Crippen LogP contribution in [0.2, 0.25) is 5.02 Å². The van der Waals surface area contributed by atoms with Crippen molar-refractivity contribution in [2.45, 2.75) is 39.5 Å². The third kappa shape index (κ3) is 6.72. The molecule has 0 heterocycles. The van der Waals surface area contributed by atoms with Gasteiger partial charge in [0.2, 0.25) is 0 Å². The largest absolute Gasteiger partial charge is 0.444 e. The molecule has 0 bridgehead atoms. The summed E-state index contributed by atoms with van der Waals surface area (Å²) >= 11 is 5.76. The van der Waals surface area contributed by atoms with Gasteiger partial charge in [-0.25, -0.2) is 9.18 Å². The van der Waals surface area contributed by atoms with E-state index in [4.69, 9.17) is 16.3 Å². The molecule has 134 valence electrons. The van der Waals surface area contributed by atoms with Gasteiger partial charge in [0.15, 0.2) is 0 Å². The van der Waals surface area contributed by atoms with Crippen molar-refractivity contribution in [1.29, 1.82) is 0 Å². The van der Waals surface area contributed by atoms with Gasteiger partial charge in [-0.15, -0.1) is 0 Å². The summed E-state index contributed by atoms with van der Waals surface area (Å²) in [6.45, 7) is 6.67. The van der Waals surface area contributed by atoms with Gasteiger partial charge in [0.05, 0.1) is 5.02 Å². The molecular formula is C19H22ClFN2O2. The van der Waals surface area contributed by atoms with Crippen LogP contribution in [0.4, 0.5) is 14.9 Å². The van der Waals surface area contributed by atoms with Crippen LogP contribution in [-0.2, 0) is 17.8 Å². The molecule has 0 aromatic heterocycles. The lowest BCUT2D eigenvalue weighted by atomic mass is 10.2. The van der Waals surface area contributed by atoms with E-state index in [0.29, 0.717) is 18.8 Å². The first kappa shape index (κ1) is 19.2. The summed E-state index contributed by atoms with van der Waals surface area (Å²) in [5.74, 6) is -0.418. The first-order valence-electron chi connectivity index (χ1n) is 7.96. The van der Waals surface area contributed by atoms with Gasteiger partial charge in [0.1, 0.15) is 11.4 Å². The van der Waals surface area contributed by atoms with Crippen molar-refractivity contribution in [2.24, 2.45) is 0 Å². The van der Waals surface area contributed by atoms with Crippen molar-refractivity contribution in [1.82, 2.24) is 5.32 Å². The Labute approximate surface area is 152 Å². The van der Waals surface area contributed by atoms with E-state index in [9.17, 15) is 9.18 Å². The Bertz CT molecular complexity index is 727. The molecule has 0 radical (unpaired) electrons. The first-order valence-corrected chi connectivity index (χ1v) is 8.34. The Hall–Kier alpha value is -2.11. The molecule has 6 heteroatoms.